The van der Waals surface area contributed by atoms with E-state index in [9.17, 15) is 9.59 Å². The van der Waals surface area contributed by atoms with Crippen LogP contribution in [-0.2, 0) is 9.53 Å². The van der Waals surface area contributed by atoms with Gasteiger partial charge in [0.2, 0.25) is 0 Å². The highest BCUT2D eigenvalue weighted by Gasteiger charge is 2.05. The molecule has 0 amide bonds. The molecule has 0 N–H and O–H groups in total. The number of unbranched alkanes of at least 4 members (excludes halogenated alkanes) is 5. The second-order valence-electron chi connectivity index (χ2n) is 4.83. The fraction of sp³-hybridized carbons (Fsp3) is 0.625. The molecule has 1 aromatic rings. The van der Waals surface area contributed by atoms with Crippen LogP contribution in [0.4, 0.5) is 0 Å². The number of carbonyl (C=O) groups is 2. The Hall–Kier alpha value is -1.16. The second kappa shape index (κ2) is 10.6. The Balaban J connectivity index is 1.90. The Morgan fingerprint density at radius 3 is 2.30 bits per heavy atom. The van der Waals surface area contributed by atoms with Gasteiger partial charge in [0.1, 0.15) is 0 Å². The zero-order valence-electron chi connectivity index (χ0n) is 12.2. The molecule has 0 aliphatic rings. The van der Waals surface area contributed by atoms with Crippen LogP contribution in [0.3, 0.4) is 0 Å². The summed E-state index contributed by atoms with van der Waals surface area (Å²) in [5.74, 6) is 0.177. The summed E-state index contributed by atoms with van der Waals surface area (Å²) in [6, 6.07) is 3.81. The molecule has 1 rings (SSSR count). The van der Waals surface area contributed by atoms with Gasteiger partial charge in [0.05, 0.1) is 11.5 Å². The third-order valence-corrected chi connectivity index (χ3v) is 4.05. The molecular formula is C16H24O3S. The summed E-state index contributed by atoms with van der Waals surface area (Å²) >= 11 is 1.52. The third kappa shape index (κ3) is 7.43. The molecule has 0 aliphatic carbocycles. The Bertz CT molecular complexity index is 384. The molecule has 3 nitrogen and oxygen atoms in total. The van der Waals surface area contributed by atoms with Crippen molar-refractivity contribution in [2.45, 2.75) is 58.3 Å². The molecule has 112 valence electrons. The smallest absolute Gasteiger partial charge is 0.305 e. The number of thiophene rings is 1. The van der Waals surface area contributed by atoms with Crippen LogP contribution in [-0.4, -0.2) is 18.4 Å². The lowest BCUT2D eigenvalue weighted by Gasteiger charge is -2.02. The van der Waals surface area contributed by atoms with E-state index in [1.807, 2.05) is 24.4 Å². The normalized spacial score (nSPS) is 10.4. The van der Waals surface area contributed by atoms with Crippen LogP contribution in [0.25, 0.3) is 0 Å². The Morgan fingerprint density at radius 2 is 1.70 bits per heavy atom. The van der Waals surface area contributed by atoms with E-state index in [2.05, 4.69) is 0 Å². The van der Waals surface area contributed by atoms with Crippen molar-refractivity contribution in [3.05, 3.63) is 22.4 Å². The number of Topliss-reactive ketones (excluding diaryl/α,β-unsaturated/α-hetero) is 1. The molecule has 0 atom stereocenters. The van der Waals surface area contributed by atoms with E-state index in [1.165, 1.54) is 11.3 Å². The summed E-state index contributed by atoms with van der Waals surface area (Å²) in [7, 11) is 0. The molecule has 0 radical (unpaired) electrons. The predicted octanol–water partition coefficient (Wildman–Crippen LogP) is 4.61. The lowest BCUT2D eigenvalue weighted by molar-refractivity contribution is -0.143. The summed E-state index contributed by atoms with van der Waals surface area (Å²) in [6.45, 7) is 2.30. The van der Waals surface area contributed by atoms with Gasteiger partial charge in [-0.2, -0.15) is 0 Å². The van der Waals surface area contributed by atoms with E-state index in [0.29, 0.717) is 19.4 Å². The van der Waals surface area contributed by atoms with E-state index in [4.69, 9.17) is 4.74 Å². The topological polar surface area (TPSA) is 43.4 Å². The fourth-order valence-corrected chi connectivity index (χ4v) is 2.75. The third-order valence-electron chi connectivity index (χ3n) is 3.14. The van der Waals surface area contributed by atoms with Gasteiger partial charge < -0.3 is 4.74 Å². The van der Waals surface area contributed by atoms with Crippen LogP contribution >= 0.6 is 11.3 Å². The van der Waals surface area contributed by atoms with Gasteiger partial charge in [-0.3, -0.25) is 9.59 Å². The van der Waals surface area contributed by atoms with Crippen LogP contribution in [0, 0.1) is 0 Å². The van der Waals surface area contributed by atoms with Crippen molar-refractivity contribution in [3.8, 4) is 0 Å². The van der Waals surface area contributed by atoms with Gasteiger partial charge >= 0.3 is 5.97 Å². The maximum absolute atomic E-state index is 11.7. The lowest BCUT2D eigenvalue weighted by atomic mass is 10.1. The minimum atomic E-state index is -0.0888. The summed E-state index contributed by atoms with van der Waals surface area (Å²) in [5.41, 5.74) is 0. The second-order valence-corrected chi connectivity index (χ2v) is 5.77. The maximum atomic E-state index is 11.7. The first kappa shape index (κ1) is 16.9. The number of carbonyl (C=O) groups excluding carboxylic acids is 2. The SMILES string of the molecule is CCOC(=O)CCCCCCCCC(=O)c1cccs1. The molecule has 0 fully saturated rings. The van der Waals surface area contributed by atoms with Crippen LogP contribution in [0.1, 0.15) is 68.0 Å². The Morgan fingerprint density at radius 1 is 1.05 bits per heavy atom. The first-order valence-corrected chi connectivity index (χ1v) is 8.34. The van der Waals surface area contributed by atoms with Gasteiger partial charge in [0, 0.05) is 12.8 Å². The highest BCUT2D eigenvalue weighted by Crippen LogP contribution is 2.14. The standard InChI is InChI=1S/C16H24O3S/c1-2-19-16(18)12-8-6-4-3-5-7-10-14(17)15-11-9-13-20-15/h9,11,13H,2-8,10,12H2,1H3. The first-order chi connectivity index (χ1) is 9.74. The average molecular weight is 296 g/mol. The Kier molecular flexibility index (Phi) is 8.96. The molecule has 0 saturated carbocycles. The van der Waals surface area contributed by atoms with Crippen LogP contribution in [0.5, 0.6) is 0 Å². The van der Waals surface area contributed by atoms with Crippen molar-refractivity contribution >= 4 is 23.1 Å². The highest BCUT2D eigenvalue weighted by atomic mass is 32.1. The van der Waals surface area contributed by atoms with Gasteiger partial charge in [-0.25, -0.2) is 0 Å². The van der Waals surface area contributed by atoms with Crippen molar-refractivity contribution in [2.75, 3.05) is 6.61 Å². The number of esters is 1. The van der Waals surface area contributed by atoms with E-state index >= 15 is 0 Å². The minimum Gasteiger partial charge on any atom is -0.466 e. The number of ether oxygens (including phenoxy) is 1. The molecule has 0 unspecified atom stereocenters. The first-order valence-electron chi connectivity index (χ1n) is 7.46. The zero-order chi connectivity index (χ0) is 14.6. The largest absolute Gasteiger partial charge is 0.466 e. The summed E-state index contributed by atoms with van der Waals surface area (Å²) in [4.78, 5) is 23.7. The van der Waals surface area contributed by atoms with Gasteiger partial charge in [0.15, 0.2) is 5.78 Å². The van der Waals surface area contributed by atoms with Gasteiger partial charge in [-0.05, 0) is 31.2 Å². The molecule has 4 heteroatoms. The maximum Gasteiger partial charge on any atom is 0.305 e. The zero-order valence-corrected chi connectivity index (χ0v) is 13.0. The molecule has 0 aromatic carbocycles. The molecule has 0 aliphatic heterocycles. The summed E-state index contributed by atoms with van der Waals surface area (Å²) in [6.07, 6.45) is 7.50. The monoisotopic (exact) mass is 296 g/mol. The van der Waals surface area contributed by atoms with E-state index in [1.54, 1.807) is 0 Å². The molecular weight excluding hydrogens is 272 g/mol. The van der Waals surface area contributed by atoms with Crippen LogP contribution in [0.15, 0.2) is 17.5 Å². The van der Waals surface area contributed by atoms with E-state index < -0.39 is 0 Å². The average Bonchev–Trinajstić information content (AvgIpc) is 2.96. The Labute approximate surface area is 125 Å². The van der Waals surface area contributed by atoms with Gasteiger partial charge in [0.25, 0.3) is 0 Å². The van der Waals surface area contributed by atoms with E-state index in [0.717, 1.165) is 43.4 Å². The number of rotatable bonds is 11. The van der Waals surface area contributed by atoms with Crippen LogP contribution in [0.2, 0.25) is 0 Å². The molecule has 1 aromatic heterocycles. The fourth-order valence-electron chi connectivity index (χ4n) is 2.06. The number of hydrogen-bond donors (Lipinski definition) is 0. The van der Waals surface area contributed by atoms with Gasteiger partial charge in [-0.15, -0.1) is 11.3 Å². The minimum absolute atomic E-state index is 0.0888. The van der Waals surface area contributed by atoms with Crippen molar-refractivity contribution in [1.82, 2.24) is 0 Å². The molecule has 1 heterocycles. The molecule has 0 spiro atoms. The molecule has 0 bridgehead atoms. The summed E-state index contributed by atoms with van der Waals surface area (Å²) < 4.78 is 4.87. The van der Waals surface area contributed by atoms with Crippen molar-refractivity contribution in [3.63, 3.8) is 0 Å². The molecule has 0 saturated heterocycles. The summed E-state index contributed by atoms with van der Waals surface area (Å²) in [5, 5.41) is 1.94. The number of ketones is 1. The van der Waals surface area contributed by atoms with Crippen LogP contribution < -0.4 is 0 Å². The predicted molar refractivity (Wildman–Crippen MR) is 82.2 cm³/mol. The van der Waals surface area contributed by atoms with Gasteiger partial charge in [-0.1, -0.05) is 31.7 Å². The van der Waals surface area contributed by atoms with Crippen molar-refractivity contribution < 1.29 is 14.3 Å². The van der Waals surface area contributed by atoms with E-state index in [-0.39, 0.29) is 11.8 Å². The molecule has 20 heavy (non-hydrogen) atoms. The lowest BCUT2D eigenvalue weighted by Crippen LogP contribution is -2.03. The van der Waals surface area contributed by atoms with Crippen molar-refractivity contribution in [1.29, 1.82) is 0 Å². The van der Waals surface area contributed by atoms with Crippen molar-refractivity contribution in [2.24, 2.45) is 0 Å². The number of hydrogen-bond acceptors (Lipinski definition) is 4. The quantitative estimate of drug-likeness (QED) is 0.340. The highest BCUT2D eigenvalue weighted by molar-refractivity contribution is 7.12.